The number of nitrogens with zero attached hydrogens (tertiary/aromatic N) is 2. The summed E-state index contributed by atoms with van der Waals surface area (Å²) in [5.74, 6) is 0.363. The van der Waals surface area contributed by atoms with Gasteiger partial charge in [-0.1, -0.05) is 29.8 Å². The standard InChI is InChI=1S/C21H19ClN4O2S/c1-21(28,10-27)11-7-8-25-15(9-11)12-3-2-4-13-17(24)20(29-19(12)13)18-14(22)5-6-16(23)26-18/h2-9,27-28H,10,24H2,1H3,(H2,23,26)/t21-/m0/s1. The minimum Gasteiger partial charge on any atom is -0.397 e. The van der Waals surface area contributed by atoms with Gasteiger partial charge in [-0.05, 0) is 36.8 Å². The third-order valence-corrected chi connectivity index (χ3v) is 6.37. The summed E-state index contributed by atoms with van der Waals surface area (Å²) in [7, 11) is 0. The van der Waals surface area contributed by atoms with Crippen molar-refractivity contribution < 1.29 is 10.2 Å². The summed E-state index contributed by atoms with van der Waals surface area (Å²) in [4.78, 5) is 9.56. The lowest BCUT2D eigenvalue weighted by Crippen LogP contribution is -2.25. The van der Waals surface area contributed by atoms with Gasteiger partial charge < -0.3 is 21.7 Å². The molecule has 0 unspecified atom stereocenters. The van der Waals surface area contributed by atoms with Gasteiger partial charge in [-0.2, -0.15) is 0 Å². The van der Waals surface area contributed by atoms with Crippen LogP contribution in [-0.2, 0) is 5.60 Å². The Morgan fingerprint density at radius 2 is 1.97 bits per heavy atom. The molecule has 0 aliphatic carbocycles. The van der Waals surface area contributed by atoms with Crippen LogP contribution in [0.2, 0.25) is 5.02 Å². The Hall–Kier alpha value is -2.71. The van der Waals surface area contributed by atoms with Crippen LogP contribution >= 0.6 is 22.9 Å². The number of nitrogen functional groups attached to an aromatic ring is 2. The number of hydrogen-bond acceptors (Lipinski definition) is 7. The summed E-state index contributed by atoms with van der Waals surface area (Å²) in [6, 6.07) is 12.6. The van der Waals surface area contributed by atoms with Crippen molar-refractivity contribution in [2.45, 2.75) is 12.5 Å². The summed E-state index contributed by atoms with van der Waals surface area (Å²) in [5, 5.41) is 21.2. The van der Waals surface area contributed by atoms with Crippen LogP contribution in [0.25, 0.3) is 31.9 Å². The first-order chi connectivity index (χ1) is 13.8. The van der Waals surface area contributed by atoms with E-state index in [0.29, 0.717) is 33.5 Å². The van der Waals surface area contributed by atoms with E-state index in [-0.39, 0.29) is 0 Å². The van der Waals surface area contributed by atoms with Gasteiger partial charge in [0.2, 0.25) is 0 Å². The maximum Gasteiger partial charge on any atom is 0.124 e. The van der Waals surface area contributed by atoms with Crippen LogP contribution in [0, 0.1) is 0 Å². The Morgan fingerprint density at radius 3 is 2.72 bits per heavy atom. The van der Waals surface area contributed by atoms with Crippen LogP contribution in [0.15, 0.2) is 48.7 Å². The van der Waals surface area contributed by atoms with Crippen LogP contribution in [0.5, 0.6) is 0 Å². The van der Waals surface area contributed by atoms with Gasteiger partial charge in [0, 0.05) is 21.8 Å². The maximum atomic E-state index is 10.4. The number of pyridine rings is 2. The van der Waals surface area contributed by atoms with Crippen molar-refractivity contribution >= 4 is 44.5 Å². The molecule has 1 aromatic carbocycles. The third kappa shape index (κ3) is 3.42. The second-order valence-electron chi connectivity index (χ2n) is 6.96. The van der Waals surface area contributed by atoms with Crippen LogP contribution in [0.4, 0.5) is 11.5 Å². The zero-order valence-electron chi connectivity index (χ0n) is 15.6. The molecule has 0 radical (unpaired) electrons. The average molecular weight is 427 g/mol. The normalized spacial score (nSPS) is 13.5. The van der Waals surface area contributed by atoms with Crippen molar-refractivity contribution in [1.29, 1.82) is 0 Å². The Balaban J connectivity index is 1.93. The number of aliphatic hydroxyl groups is 2. The second-order valence-corrected chi connectivity index (χ2v) is 8.38. The summed E-state index contributed by atoms with van der Waals surface area (Å²) in [5.41, 5.74) is 14.1. The molecular formula is C21H19ClN4O2S. The Morgan fingerprint density at radius 1 is 1.17 bits per heavy atom. The number of benzene rings is 1. The predicted molar refractivity (Wildman–Crippen MR) is 119 cm³/mol. The fourth-order valence-electron chi connectivity index (χ4n) is 3.14. The fourth-order valence-corrected chi connectivity index (χ4v) is 4.64. The van der Waals surface area contributed by atoms with Crippen LogP contribution in [-0.4, -0.2) is 26.8 Å². The molecule has 6 N–H and O–H groups in total. The number of thiophene rings is 1. The van der Waals surface area contributed by atoms with Crippen LogP contribution in [0.3, 0.4) is 0 Å². The van der Waals surface area contributed by atoms with Gasteiger partial charge in [-0.15, -0.1) is 11.3 Å². The van der Waals surface area contributed by atoms with Crippen molar-refractivity contribution in [3.8, 4) is 21.8 Å². The number of aromatic nitrogens is 2. The minimum atomic E-state index is -1.36. The molecule has 0 saturated carbocycles. The van der Waals surface area contributed by atoms with E-state index in [2.05, 4.69) is 9.97 Å². The third-order valence-electron chi connectivity index (χ3n) is 4.80. The van der Waals surface area contributed by atoms with Gasteiger partial charge in [-0.25, -0.2) is 4.98 Å². The van der Waals surface area contributed by atoms with Crippen molar-refractivity contribution in [1.82, 2.24) is 9.97 Å². The highest BCUT2D eigenvalue weighted by atomic mass is 35.5. The fraction of sp³-hybridized carbons (Fsp3) is 0.143. The SMILES string of the molecule is C[C@](O)(CO)c1ccnc(-c2cccc3c(N)c(-c4nc(N)ccc4Cl)sc23)c1. The molecule has 0 bridgehead atoms. The minimum absolute atomic E-state index is 0.363. The monoisotopic (exact) mass is 426 g/mol. The molecule has 0 aliphatic heterocycles. The van der Waals surface area contributed by atoms with E-state index in [1.165, 1.54) is 11.3 Å². The number of rotatable bonds is 4. The molecular weight excluding hydrogens is 408 g/mol. The lowest BCUT2D eigenvalue weighted by molar-refractivity contribution is -0.00230. The van der Waals surface area contributed by atoms with Crippen LogP contribution < -0.4 is 11.5 Å². The number of nitrogens with two attached hydrogens (primary N) is 2. The molecule has 3 heterocycles. The summed E-state index contributed by atoms with van der Waals surface area (Å²) in [6.07, 6.45) is 1.61. The molecule has 4 rings (SSSR count). The first-order valence-corrected chi connectivity index (χ1v) is 10.0. The van der Waals surface area contributed by atoms with Gasteiger partial charge in [-0.3, -0.25) is 4.98 Å². The van der Waals surface area contributed by atoms with Crippen molar-refractivity contribution in [3.05, 3.63) is 59.2 Å². The quantitative estimate of drug-likeness (QED) is 0.391. The molecule has 29 heavy (non-hydrogen) atoms. The summed E-state index contributed by atoms with van der Waals surface area (Å²) < 4.78 is 0.925. The van der Waals surface area contributed by atoms with Gasteiger partial charge >= 0.3 is 0 Å². The predicted octanol–water partition coefficient (Wildman–Crippen LogP) is 4.04. The van der Waals surface area contributed by atoms with Crippen molar-refractivity contribution in [2.24, 2.45) is 0 Å². The molecule has 1 atom stereocenters. The number of halogens is 1. The highest BCUT2D eigenvalue weighted by molar-refractivity contribution is 7.23. The largest absolute Gasteiger partial charge is 0.397 e. The molecule has 0 aliphatic rings. The topological polar surface area (TPSA) is 118 Å². The van der Waals surface area contributed by atoms with E-state index < -0.39 is 12.2 Å². The summed E-state index contributed by atoms with van der Waals surface area (Å²) in [6.45, 7) is 1.16. The Bertz CT molecular complexity index is 1220. The van der Waals surface area contributed by atoms with Crippen molar-refractivity contribution in [3.63, 3.8) is 0 Å². The molecule has 0 fully saturated rings. The Kier molecular flexibility index (Phi) is 4.92. The van der Waals surface area contributed by atoms with Crippen molar-refractivity contribution in [2.75, 3.05) is 18.1 Å². The number of anilines is 2. The van der Waals surface area contributed by atoms with Gasteiger partial charge in [0.25, 0.3) is 0 Å². The summed E-state index contributed by atoms with van der Waals surface area (Å²) >= 11 is 7.80. The second kappa shape index (κ2) is 7.27. The smallest absolute Gasteiger partial charge is 0.124 e. The zero-order valence-corrected chi connectivity index (χ0v) is 17.1. The number of fused-ring (bicyclic) bond motifs is 1. The van der Waals surface area contributed by atoms with E-state index in [0.717, 1.165) is 20.5 Å². The highest BCUT2D eigenvalue weighted by Gasteiger charge is 2.23. The van der Waals surface area contributed by atoms with E-state index >= 15 is 0 Å². The molecule has 6 nitrogen and oxygen atoms in total. The lowest BCUT2D eigenvalue weighted by atomic mass is 9.96. The number of hydrogen-bond donors (Lipinski definition) is 4. The molecule has 0 amide bonds. The number of aliphatic hydroxyl groups excluding tert-OH is 1. The van der Waals surface area contributed by atoms with Crippen LogP contribution in [0.1, 0.15) is 12.5 Å². The molecule has 8 heteroatoms. The molecule has 0 saturated heterocycles. The van der Waals surface area contributed by atoms with E-state index in [4.69, 9.17) is 23.1 Å². The van der Waals surface area contributed by atoms with Gasteiger partial charge in [0.05, 0.1) is 27.9 Å². The average Bonchev–Trinajstić information content (AvgIpc) is 3.06. The molecule has 148 valence electrons. The van der Waals surface area contributed by atoms with Gasteiger partial charge in [0.15, 0.2) is 0 Å². The lowest BCUT2D eigenvalue weighted by Gasteiger charge is -2.21. The first kappa shape index (κ1) is 19.6. The molecule has 0 spiro atoms. The first-order valence-electron chi connectivity index (χ1n) is 8.85. The Labute approximate surface area is 176 Å². The zero-order chi connectivity index (χ0) is 20.8. The molecule has 4 aromatic rings. The molecule has 3 aromatic heterocycles. The highest BCUT2D eigenvalue weighted by Crippen LogP contribution is 2.45. The van der Waals surface area contributed by atoms with E-state index in [1.54, 1.807) is 37.4 Å². The van der Waals surface area contributed by atoms with E-state index in [9.17, 15) is 10.2 Å². The van der Waals surface area contributed by atoms with Gasteiger partial charge in [0.1, 0.15) is 17.1 Å². The van der Waals surface area contributed by atoms with E-state index in [1.807, 2.05) is 18.2 Å². The maximum absolute atomic E-state index is 10.4.